The van der Waals surface area contributed by atoms with Crippen LogP contribution in [-0.2, 0) is 4.79 Å². The molecule has 1 aromatic heterocycles. The molecule has 26 heavy (non-hydrogen) atoms. The van der Waals surface area contributed by atoms with Crippen LogP contribution in [0.25, 0.3) is 0 Å². The number of anilines is 2. The smallest absolute Gasteiger partial charge is 0.294 e. The third kappa shape index (κ3) is 4.47. The van der Waals surface area contributed by atoms with Gasteiger partial charge in [-0.3, -0.25) is 19.8 Å². The molecule has 3 rings (SSSR count). The van der Waals surface area contributed by atoms with E-state index in [1.54, 1.807) is 0 Å². The summed E-state index contributed by atoms with van der Waals surface area (Å²) in [5.41, 5.74) is -0.0356. The lowest BCUT2D eigenvalue weighted by atomic mass is 10.2. The van der Waals surface area contributed by atoms with E-state index in [1.807, 2.05) is 24.4 Å². The number of nitrogens with zero attached hydrogens (tertiary/aromatic N) is 2. The van der Waals surface area contributed by atoms with Crippen LogP contribution in [0.3, 0.4) is 0 Å². The van der Waals surface area contributed by atoms with Crippen molar-refractivity contribution in [2.24, 2.45) is 0 Å². The highest BCUT2D eigenvalue weighted by atomic mass is 35.5. The maximum absolute atomic E-state index is 12.3. The zero-order valence-corrected chi connectivity index (χ0v) is 14.8. The van der Waals surface area contributed by atoms with Crippen LogP contribution >= 0.6 is 11.6 Å². The number of nitrogens with one attached hydrogen (secondary N) is 3. The predicted molar refractivity (Wildman–Crippen MR) is 97.5 cm³/mol. The first-order valence-electron chi connectivity index (χ1n) is 8.32. The molecule has 2 aromatic rings. The van der Waals surface area contributed by atoms with E-state index in [9.17, 15) is 14.9 Å². The van der Waals surface area contributed by atoms with Crippen molar-refractivity contribution in [2.75, 3.05) is 42.9 Å². The lowest BCUT2D eigenvalue weighted by molar-refractivity contribution is -0.892. The highest BCUT2D eigenvalue weighted by Crippen LogP contribution is 2.27. The van der Waals surface area contributed by atoms with Gasteiger partial charge in [-0.05, 0) is 18.2 Å². The monoisotopic (exact) mass is 377 g/mol. The maximum atomic E-state index is 12.3. The molecule has 1 aromatic carbocycles. The van der Waals surface area contributed by atoms with Gasteiger partial charge in [0.25, 0.3) is 17.4 Å². The lowest BCUT2D eigenvalue weighted by Gasteiger charge is -2.27. The normalized spacial score (nSPS) is 14.9. The summed E-state index contributed by atoms with van der Waals surface area (Å²) in [6, 6.07) is 10.2. The number of pyridine rings is 1. The van der Waals surface area contributed by atoms with Crippen molar-refractivity contribution in [1.29, 1.82) is 0 Å². The van der Waals surface area contributed by atoms with Gasteiger partial charge in [-0.15, -0.1) is 0 Å². The van der Waals surface area contributed by atoms with Crippen LogP contribution in [0.1, 0.15) is 0 Å². The highest BCUT2D eigenvalue weighted by molar-refractivity contribution is 6.31. The van der Waals surface area contributed by atoms with Gasteiger partial charge >= 0.3 is 0 Å². The van der Waals surface area contributed by atoms with E-state index in [4.69, 9.17) is 11.6 Å². The van der Waals surface area contributed by atoms with Gasteiger partial charge in [0, 0.05) is 17.2 Å². The zero-order chi connectivity index (χ0) is 18.5. The third-order valence-corrected chi connectivity index (χ3v) is 4.58. The number of amides is 1. The summed E-state index contributed by atoms with van der Waals surface area (Å²) in [5, 5.41) is 14.0. The molecule has 0 spiro atoms. The molecular weight excluding hydrogens is 358 g/mol. The molecule has 1 saturated heterocycles. The van der Waals surface area contributed by atoms with Crippen LogP contribution in [0, 0.1) is 10.1 Å². The fourth-order valence-electron chi connectivity index (χ4n) is 3.00. The van der Waals surface area contributed by atoms with Crippen molar-refractivity contribution in [1.82, 2.24) is 0 Å². The maximum Gasteiger partial charge on any atom is 0.294 e. The van der Waals surface area contributed by atoms with Gasteiger partial charge in [-0.1, -0.05) is 17.7 Å². The standard InChI is InChI=1S/C17H18ClN5O3/c18-13-4-5-14(15(11-13)23(25)26)20-17(24)12-21-7-9-22(10-8-21)16-3-1-2-6-19-16/h1-6,11H,7-10,12H2,(H,20,24)/p+2. The average molecular weight is 378 g/mol. The number of rotatable bonds is 5. The SMILES string of the molecule is O=C(C[NH+]1CCN(c2cccc[nH+]2)CC1)Nc1ccc(Cl)cc1[N+](=O)[O-]. The molecule has 136 valence electrons. The molecule has 1 aliphatic heterocycles. The van der Waals surface area contributed by atoms with Gasteiger partial charge in [0.1, 0.15) is 31.9 Å². The van der Waals surface area contributed by atoms with E-state index < -0.39 is 4.92 Å². The number of halogens is 1. The molecule has 1 amide bonds. The first kappa shape index (κ1) is 18.1. The van der Waals surface area contributed by atoms with E-state index in [1.165, 1.54) is 18.2 Å². The Labute approximate surface area is 155 Å². The number of hydrogen-bond donors (Lipinski definition) is 2. The van der Waals surface area contributed by atoms with Crippen molar-refractivity contribution in [3.8, 4) is 0 Å². The summed E-state index contributed by atoms with van der Waals surface area (Å²) in [6.45, 7) is 3.58. The Balaban J connectivity index is 1.54. The zero-order valence-electron chi connectivity index (χ0n) is 14.1. The number of piperazine rings is 1. The summed E-state index contributed by atoms with van der Waals surface area (Å²) < 4.78 is 0. The minimum atomic E-state index is -0.552. The van der Waals surface area contributed by atoms with E-state index in [-0.39, 0.29) is 28.8 Å². The van der Waals surface area contributed by atoms with Crippen LogP contribution < -0.4 is 20.1 Å². The number of nitro benzene ring substituents is 1. The Bertz CT molecular complexity index is 794. The molecule has 8 nitrogen and oxygen atoms in total. The summed E-state index contributed by atoms with van der Waals surface area (Å²) >= 11 is 5.79. The Kier molecular flexibility index (Phi) is 5.65. The molecule has 0 aliphatic carbocycles. The fraction of sp³-hybridized carbons (Fsp3) is 0.294. The molecule has 0 radical (unpaired) electrons. The van der Waals surface area contributed by atoms with Crippen molar-refractivity contribution in [3.05, 3.63) is 57.7 Å². The summed E-state index contributed by atoms with van der Waals surface area (Å²) in [4.78, 5) is 29.4. The number of carbonyl (C=O) groups excluding carboxylic acids is 1. The second kappa shape index (κ2) is 8.11. The Morgan fingerprint density at radius 2 is 2.08 bits per heavy atom. The molecule has 9 heteroatoms. The quantitative estimate of drug-likeness (QED) is 0.582. The van der Waals surface area contributed by atoms with E-state index in [0.717, 1.165) is 36.9 Å². The lowest BCUT2D eigenvalue weighted by Crippen LogP contribution is -3.15. The molecule has 0 atom stereocenters. The van der Waals surface area contributed by atoms with Gasteiger partial charge in [-0.2, -0.15) is 0 Å². The molecule has 1 aliphatic rings. The molecule has 0 unspecified atom stereocenters. The Morgan fingerprint density at radius 3 is 2.73 bits per heavy atom. The Hall–Kier alpha value is -2.71. The highest BCUT2D eigenvalue weighted by Gasteiger charge is 2.27. The van der Waals surface area contributed by atoms with Crippen LogP contribution in [0.2, 0.25) is 5.02 Å². The van der Waals surface area contributed by atoms with Crippen LogP contribution in [0.15, 0.2) is 42.6 Å². The number of benzene rings is 1. The van der Waals surface area contributed by atoms with Crippen molar-refractivity contribution in [3.63, 3.8) is 0 Å². The van der Waals surface area contributed by atoms with Gasteiger partial charge in [0.15, 0.2) is 6.54 Å². The molecule has 0 bridgehead atoms. The summed E-state index contributed by atoms with van der Waals surface area (Å²) in [6.07, 6.45) is 1.89. The Morgan fingerprint density at radius 1 is 1.31 bits per heavy atom. The number of hydrogen-bond acceptors (Lipinski definition) is 4. The largest absolute Gasteiger partial charge is 0.321 e. The van der Waals surface area contributed by atoms with Gasteiger partial charge in [-0.25, -0.2) is 4.98 Å². The minimum absolute atomic E-state index is 0.168. The number of nitro groups is 1. The number of aromatic amines is 1. The number of quaternary nitrogens is 1. The van der Waals surface area contributed by atoms with Crippen molar-refractivity contribution in [2.45, 2.75) is 0 Å². The van der Waals surface area contributed by atoms with Crippen LogP contribution in [0.5, 0.6) is 0 Å². The summed E-state index contributed by atoms with van der Waals surface area (Å²) in [5.74, 6) is 0.818. The minimum Gasteiger partial charge on any atom is -0.321 e. The molecule has 3 N–H and O–H groups in total. The van der Waals surface area contributed by atoms with Gasteiger partial charge in [0.2, 0.25) is 0 Å². The third-order valence-electron chi connectivity index (χ3n) is 4.35. The van der Waals surface area contributed by atoms with Crippen LogP contribution in [0.4, 0.5) is 17.2 Å². The topological polar surface area (TPSA) is 94.1 Å². The second-order valence-corrected chi connectivity index (χ2v) is 6.56. The van der Waals surface area contributed by atoms with Crippen molar-refractivity contribution >= 4 is 34.7 Å². The van der Waals surface area contributed by atoms with E-state index in [0.29, 0.717) is 0 Å². The van der Waals surface area contributed by atoms with Gasteiger partial charge < -0.3 is 10.2 Å². The van der Waals surface area contributed by atoms with Gasteiger partial charge in [0.05, 0.1) is 11.1 Å². The molecule has 0 saturated carbocycles. The van der Waals surface area contributed by atoms with E-state index in [2.05, 4.69) is 15.2 Å². The number of carbonyl (C=O) groups is 1. The van der Waals surface area contributed by atoms with Crippen LogP contribution in [-0.4, -0.2) is 43.6 Å². The van der Waals surface area contributed by atoms with Crippen molar-refractivity contribution < 1.29 is 19.6 Å². The summed E-state index contributed by atoms with van der Waals surface area (Å²) in [7, 11) is 0. The number of aromatic nitrogens is 1. The number of H-pyrrole nitrogens is 1. The molecule has 2 heterocycles. The second-order valence-electron chi connectivity index (χ2n) is 6.13. The first-order chi connectivity index (χ1) is 12.5. The fourth-order valence-corrected chi connectivity index (χ4v) is 3.17. The molecule has 1 fully saturated rings. The average Bonchev–Trinajstić information content (AvgIpc) is 2.64. The first-order valence-corrected chi connectivity index (χ1v) is 8.70. The van der Waals surface area contributed by atoms with E-state index >= 15 is 0 Å². The molecular formula is C17H20ClN5O3+2. The predicted octanol–water partition coefficient (Wildman–Crippen LogP) is 0.406.